The fourth-order valence-corrected chi connectivity index (χ4v) is 3.78. The van der Waals surface area contributed by atoms with Crippen molar-refractivity contribution in [2.45, 2.75) is 13.8 Å². The molecule has 19 heavy (non-hydrogen) atoms. The zero-order valence-electron chi connectivity index (χ0n) is 10.2. The van der Waals surface area contributed by atoms with Crippen LogP contribution in [0.25, 0.3) is 10.6 Å². The summed E-state index contributed by atoms with van der Waals surface area (Å²) in [5.41, 5.74) is 0.563. The maximum atomic E-state index is 11.9. The molecule has 0 N–H and O–H groups in total. The molecule has 7 heteroatoms. The highest BCUT2D eigenvalue weighted by Gasteiger charge is 2.21. The summed E-state index contributed by atoms with van der Waals surface area (Å²) in [6.07, 6.45) is 0. The lowest BCUT2D eigenvalue weighted by molar-refractivity contribution is 0.0532. The number of hydrogen-bond donors (Lipinski definition) is 0. The van der Waals surface area contributed by atoms with Crippen molar-refractivity contribution >= 4 is 50.4 Å². The largest absolute Gasteiger partial charge is 0.462 e. The molecule has 0 atom stereocenters. The molecule has 0 fully saturated rings. The first-order chi connectivity index (χ1) is 9.02. The highest BCUT2D eigenvalue weighted by Crippen LogP contribution is 2.35. The minimum Gasteiger partial charge on any atom is -0.462 e. The Bertz CT molecular complexity index is 633. The molecule has 0 aliphatic rings. The van der Waals surface area contributed by atoms with E-state index in [9.17, 15) is 9.59 Å². The van der Waals surface area contributed by atoms with Crippen molar-refractivity contribution in [1.29, 1.82) is 0 Å². The molecule has 0 radical (unpaired) electrons. The van der Waals surface area contributed by atoms with Crippen LogP contribution in [-0.2, 0) is 4.74 Å². The lowest BCUT2D eigenvalue weighted by atomic mass is 10.3. The molecule has 0 spiro atoms. The molecule has 4 nitrogen and oxygen atoms in total. The van der Waals surface area contributed by atoms with E-state index in [4.69, 9.17) is 4.74 Å². The first-order valence-corrected chi connectivity index (χ1v) is 7.90. The summed E-state index contributed by atoms with van der Waals surface area (Å²) in [4.78, 5) is 29.3. The van der Waals surface area contributed by atoms with Crippen LogP contribution in [0.15, 0.2) is 16.0 Å². The standard InChI is InChI=1S/C12H10BrNO3S2/c1-3-17-11(16)10-9(14-12(13)19-10)8-5-4-7(18-8)6(2)15/h4-5H,3H2,1-2H3. The van der Waals surface area contributed by atoms with Crippen LogP contribution in [0.2, 0.25) is 0 Å². The SMILES string of the molecule is CCOC(=O)c1sc(Br)nc1-c1ccc(C(C)=O)s1. The summed E-state index contributed by atoms with van der Waals surface area (Å²) in [6.45, 7) is 3.59. The molecule has 0 saturated carbocycles. The minimum atomic E-state index is -0.390. The maximum absolute atomic E-state index is 11.9. The van der Waals surface area contributed by atoms with Crippen LogP contribution in [0.3, 0.4) is 0 Å². The Morgan fingerprint density at radius 1 is 1.37 bits per heavy atom. The second-order valence-electron chi connectivity index (χ2n) is 3.59. The summed E-state index contributed by atoms with van der Waals surface area (Å²) in [5, 5.41) is 0. The van der Waals surface area contributed by atoms with Gasteiger partial charge < -0.3 is 4.74 Å². The second kappa shape index (κ2) is 5.94. The predicted molar refractivity (Wildman–Crippen MR) is 79.1 cm³/mol. The minimum absolute atomic E-state index is 0.00299. The monoisotopic (exact) mass is 359 g/mol. The number of thiophene rings is 1. The Balaban J connectivity index is 2.43. The Hall–Kier alpha value is -1.05. The van der Waals surface area contributed by atoms with Gasteiger partial charge in [0.25, 0.3) is 0 Å². The number of carbonyl (C=O) groups excluding carboxylic acids is 2. The fraction of sp³-hybridized carbons (Fsp3) is 0.250. The lowest BCUT2D eigenvalue weighted by Crippen LogP contribution is -2.03. The molecule has 100 valence electrons. The van der Waals surface area contributed by atoms with E-state index in [0.29, 0.717) is 26.0 Å². The van der Waals surface area contributed by atoms with E-state index in [1.165, 1.54) is 29.6 Å². The van der Waals surface area contributed by atoms with E-state index in [-0.39, 0.29) is 5.78 Å². The number of hydrogen-bond acceptors (Lipinski definition) is 6. The maximum Gasteiger partial charge on any atom is 0.350 e. The van der Waals surface area contributed by atoms with Gasteiger partial charge in [-0.3, -0.25) is 4.79 Å². The van der Waals surface area contributed by atoms with Gasteiger partial charge >= 0.3 is 5.97 Å². The Kier molecular flexibility index (Phi) is 4.49. The highest BCUT2D eigenvalue weighted by atomic mass is 79.9. The molecular weight excluding hydrogens is 350 g/mol. The van der Waals surface area contributed by atoms with Crippen LogP contribution in [0.4, 0.5) is 0 Å². The third-order valence-electron chi connectivity index (χ3n) is 2.25. The van der Waals surface area contributed by atoms with Gasteiger partial charge in [0.1, 0.15) is 10.6 Å². The number of aromatic nitrogens is 1. The number of halogens is 1. The first-order valence-electron chi connectivity index (χ1n) is 5.47. The van der Waals surface area contributed by atoms with Crippen LogP contribution in [0.1, 0.15) is 33.2 Å². The zero-order valence-corrected chi connectivity index (χ0v) is 13.4. The van der Waals surface area contributed by atoms with Gasteiger partial charge in [0.2, 0.25) is 0 Å². The normalized spacial score (nSPS) is 10.5. The molecule has 2 aromatic rings. The number of esters is 1. The van der Waals surface area contributed by atoms with Crippen LogP contribution in [0, 0.1) is 0 Å². The molecule has 0 unspecified atom stereocenters. The second-order valence-corrected chi connectivity index (χ2v) is 6.94. The van der Waals surface area contributed by atoms with E-state index in [1.54, 1.807) is 19.1 Å². The van der Waals surface area contributed by atoms with Crippen molar-refractivity contribution in [1.82, 2.24) is 4.98 Å². The van der Waals surface area contributed by atoms with E-state index in [2.05, 4.69) is 20.9 Å². The van der Waals surface area contributed by atoms with Crippen molar-refractivity contribution in [3.05, 3.63) is 25.8 Å². The van der Waals surface area contributed by atoms with E-state index >= 15 is 0 Å². The lowest BCUT2D eigenvalue weighted by Gasteiger charge is -2.00. The van der Waals surface area contributed by atoms with Gasteiger partial charge in [-0.2, -0.15) is 0 Å². The average molecular weight is 360 g/mol. The molecule has 0 aliphatic heterocycles. The van der Waals surface area contributed by atoms with E-state index in [1.807, 2.05) is 0 Å². The quantitative estimate of drug-likeness (QED) is 0.611. The first kappa shape index (κ1) is 14.4. The molecule has 0 amide bonds. The van der Waals surface area contributed by atoms with Gasteiger partial charge in [0.15, 0.2) is 9.70 Å². The molecule has 0 bridgehead atoms. The van der Waals surface area contributed by atoms with Gasteiger partial charge in [-0.1, -0.05) is 11.3 Å². The Morgan fingerprint density at radius 3 is 2.68 bits per heavy atom. The van der Waals surface area contributed by atoms with Gasteiger partial charge in [0.05, 0.1) is 16.4 Å². The van der Waals surface area contributed by atoms with Crippen molar-refractivity contribution in [2.24, 2.45) is 0 Å². The molecule has 2 aromatic heterocycles. The summed E-state index contributed by atoms with van der Waals surface area (Å²) in [6, 6.07) is 3.54. The van der Waals surface area contributed by atoms with Crippen molar-refractivity contribution in [3.8, 4) is 10.6 Å². The third kappa shape index (κ3) is 3.10. The third-order valence-corrected chi connectivity index (χ3v) is 4.93. The topological polar surface area (TPSA) is 56.3 Å². The van der Waals surface area contributed by atoms with Crippen LogP contribution >= 0.6 is 38.6 Å². The number of carbonyl (C=O) groups is 2. The van der Waals surface area contributed by atoms with Gasteiger partial charge in [-0.25, -0.2) is 9.78 Å². The molecule has 2 rings (SSSR count). The highest BCUT2D eigenvalue weighted by molar-refractivity contribution is 9.11. The van der Waals surface area contributed by atoms with E-state index in [0.717, 1.165) is 4.88 Å². The predicted octanol–water partition coefficient (Wildman–Crippen LogP) is 4.01. The van der Waals surface area contributed by atoms with Gasteiger partial charge in [-0.05, 0) is 41.9 Å². The average Bonchev–Trinajstić information content (AvgIpc) is 2.95. The molecule has 2 heterocycles. The summed E-state index contributed by atoms with van der Waals surface area (Å²) < 4.78 is 5.62. The van der Waals surface area contributed by atoms with Crippen molar-refractivity contribution in [2.75, 3.05) is 6.61 Å². The Labute approximate surface area is 126 Å². The van der Waals surface area contributed by atoms with Gasteiger partial charge in [0, 0.05) is 0 Å². The number of nitrogens with zero attached hydrogens (tertiary/aromatic N) is 1. The number of ether oxygens (including phenoxy) is 1. The van der Waals surface area contributed by atoms with Crippen molar-refractivity contribution in [3.63, 3.8) is 0 Å². The Morgan fingerprint density at radius 2 is 2.11 bits per heavy atom. The van der Waals surface area contributed by atoms with Crippen LogP contribution in [-0.4, -0.2) is 23.3 Å². The fourth-order valence-electron chi connectivity index (χ4n) is 1.45. The summed E-state index contributed by atoms with van der Waals surface area (Å²) in [5.74, 6) is -0.387. The number of ketones is 1. The molecule has 0 aliphatic carbocycles. The summed E-state index contributed by atoms with van der Waals surface area (Å²) in [7, 11) is 0. The van der Waals surface area contributed by atoms with Crippen LogP contribution < -0.4 is 0 Å². The molecule has 0 aromatic carbocycles. The molecule has 0 saturated heterocycles. The van der Waals surface area contributed by atoms with E-state index < -0.39 is 5.97 Å². The van der Waals surface area contributed by atoms with Crippen molar-refractivity contribution < 1.29 is 14.3 Å². The summed E-state index contributed by atoms with van der Waals surface area (Å²) >= 11 is 5.82. The smallest absolute Gasteiger partial charge is 0.350 e. The number of thiazole rings is 1. The zero-order chi connectivity index (χ0) is 14.0. The molecular formula is C12H10BrNO3S2. The number of rotatable bonds is 4. The number of Topliss-reactive ketones (excluding diaryl/α,β-unsaturated/α-hetero) is 1. The van der Waals surface area contributed by atoms with Crippen LogP contribution in [0.5, 0.6) is 0 Å². The van der Waals surface area contributed by atoms with Gasteiger partial charge in [-0.15, -0.1) is 11.3 Å².